The van der Waals surface area contributed by atoms with Crippen molar-refractivity contribution in [1.82, 2.24) is 9.78 Å². The lowest BCUT2D eigenvalue weighted by Gasteiger charge is -2.07. The van der Waals surface area contributed by atoms with Crippen LogP contribution in [0.1, 0.15) is 28.5 Å². The molecule has 0 aliphatic carbocycles. The summed E-state index contributed by atoms with van der Waals surface area (Å²) in [6.45, 7) is 5.38. The zero-order chi connectivity index (χ0) is 18.6. The van der Waals surface area contributed by atoms with Gasteiger partial charge in [0.25, 0.3) is 0 Å². The van der Waals surface area contributed by atoms with E-state index in [0.717, 1.165) is 6.26 Å². The fraction of sp³-hybridized carbons (Fsp3) is 0.250. The average Bonchev–Trinajstić information content (AvgIpc) is 2.97. The Morgan fingerprint density at radius 3 is 2.76 bits per heavy atom. The Morgan fingerprint density at radius 1 is 1.48 bits per heavy atom. The molecular weight excluding hydrogens is 344 g/mol. The van der Waals surface area contributed by atoms with Crippen LogP contribution in [0, 0.1) is 11.3 Å². The highest BCUT2D eigenvalue weighted by Gasteiger charge is 2.18. The molecule has 0 fully saturated rings. The van der Waals surface area contributed by atoms with Crippen molar-refractivity contribution in [2.75, 3.05) is 12.9 Å². The SMILES string of the molecule is C=Nc1ccc(Cn2cc(C(=O)OCC)c(C#N)n2)cc1S(C)(=O)=O. The lowest BCUT2D eigenvalue weighted by Crippen LogP contribution is -2.05. The quantitative estimate of drug-likeness (QED) is 0.572. The second kappa shape index (κ2) is 7.27. The minimum atomic E-state index is -3.48. The fourth-order valence-electron chi connectivity index (χ4n) is 2.21. The van der Waals surface area contributed by atoms with E-state index in [1.807, 2.05) is 6.07 Å². The molecule has 25 heavy (non-hydrogen) atoms. The smallest absolute Gasteiger partial charge is 0.342 e. The molecule has 0 radical (unpaired) electrons. The molecule has 0 amide bonds. The van der Waals surface area contributed by atoms with Crippen LogP contribution in [0.25, 0.3) is 0 Å². The van der Waals surface area contributed by atoms with E-state index in [1.165, 1.54) is 16.9 Å². The van der Waals surface area contributed by atoms with E-state index in [0.29, 0.717) is 5.56 Å². The maximum Gasteiger partial charge on any atom is 0.342 e. The molecule has 1 heterocycles. The number of hydrogen-bond donors (Lipinski definition) is 0. The first-order chi connectivity index (χ1) is 11.8. The molecule has 0 spiro atoms. The monoisotopic (exact) mass is 360 g/mol. The largest absolute Gasteiger partial charge is 0.462 e. The van der Waals surface area contributed by atoms with Gasteiger partial charge >= 0.3 is 5.97 Å². The fourth-order valence-corrected chi connectivity index (χ4v) is 3.09. The number of sulfone groups is 1. The minimum Gasteiger partial charge on any atom is -0.462 e. The highest BCUT2D eigenvalue weighted by Crippen LogP contribution is 2.25. The number of esters is 1. The van der Waals surface area contributed by atoms with Gasteiger partial charge in [0.1, 0.15) is 11.6 Å². The number of rotatable bonds is 6. The molecule has 0 atom stereocenters. The molecule has 0 bridgehead atoms. The molecule has 0 aliphatic rings. The van der Waals surface area contributed by atoms with Gasteiger partial charge in [-0.1, -0.05) is 6.07 Å². The molecule has 130 valence electrons. The van der Waals surface area contributed by atoms with Crippen LogP contribution in [0.2, 0.25) is 0 Å². The number of carbonyl (C=O) groups is 1. The molecule has 0 saturated carbocycles. The number of nitrogens with zero attached hydrogens (tertiary/aromatic N) is 4. The van der Waals surface area contributed by atoms with Crippen LogP contribution in [-0.4, -0.2) is 43.7 Å². The summed E-state index contributed by atoms with van der Waals surface area (Å²) in [4.78, 5) is 15.6. The van der Waals surface area contributed by atoms with Crippen molar-refractivity contribution in [3.05, 3.63) is 41.2 Å². The number of carbonyl (C=O) groups excluding carboxylic acids is 1. The van der Waals surface area contributed by atoms with E-state index >= 15 is 0 Å². The zero-order valence-corrected chi connectivity index (χ0v) is 14.6. The Morgan fingerprint density at radius 2 is 2.20 bits per heavy atom. The van der Waals surface area contributed by atoms with E-state index in [1.54, 1.807) is 19.1 Å². The van der Waals surface area contributed by atoms with Gasteiger partial charge in [0.15, 0.2) is 15.5 Å². The first-order valence-electron chi connectivity index (χ1n) is 7.24. The Bertz CT molecular complexity index is 971. The van der Waals surface area contributed by atoms with Crippen LogP contribution >= 0.6 is 0 Å². The lowest BCUT2D eigenvalue weighted by molar-refractivity contribution is 0.0526. The van der Waals surface area contributed by atoms with E-state index in [9.17, 15) is 13.2 Å². The second-order valence-electron chi connectivity index (χ2n) is 5.15. The van der Waals surface area contributed by atoms with Gasteiger partial charge in [-0.25, -0.2) is 13.2 Å². The summed E-state index contributed by atoms with van der Waals surface area (Å²) >= 11 is 0. The number of aromatic nitrogens is 2. The maximum absolute atomic E-state index is 11.9. The Balaban J connectivity index is 2.39. The molecule has 0 unspecified atom stereocenters. The predicted molar refractivity (Wildman–Crippen MR) is 90.8 cm³/mol. The minimum absolute atomic E-state index is 0.0498. The van der Waals surface area contributed by atoms with Crippen molar-refractivity contribution >= 4 is 28.2 Å². The normalized spacial score (nSPS) is 10.9. The summed E-state index contributed by atoms with van der Waals surface area (Å²) in [5.41, 5.74) is 0.898. The summed E-state index contributed by atoms with van der Waals surface area (Å²) in [5.74, 6) is -0.631. The van der Waals surface area contributed by atoms with E-state index in [4.69, 9.17) is 10.00 Å². The molecule has 1 aromatic heterocycles. The van der Waals surface area contributed by atoms with Crippen molar-refractivity contribution < 1.29 is 17.9 Å². The van der Waals surface area contributed by atoms with Crippen molar-refractivity contribution in [3.8, 4) is 6.07 Å². The van der Waals surface area contributed by atoms with Crippen molar-refractivity contribution in [2.24, 2.45) is 4.99 Å². The lowest BCUT2D eigenvalue weighted by atomic mass is 10.2. The first-order valence-corrected chi connectivity index (χ1v) is 9.13. The highest BCUT2D eigenvalue weighted by molar-refractivity contribution is 7.90. The predicted octanol–water partition coefficient (Wildman–Crippen LogP) is 1.72. The highest BCUT2D eigenvalue weighted by atomic mass is 32.2. The van der Waals surface area contributed by atoms with Gasteiger partial charge in [0.2, 0.25) is 0 Å². The van der Waals surface area contributed by atoms with Crippen molar-refractivity contribution in [1.29, 1.82) is 5.26 Å². The Hall–Kier alpha value is -2.99. The van der Waals surface area contributed by atoms with E-state index < -0.39 is 15.8 Å². The topological polar surface area (TPSA) is 114 Å². The van der Waals surface area contributed by atoms with Crippen LogP contribution in [0.5, 0.6) is 0 Å². The molecule has 0 aliphatic heterocycles. The van der Waals surface area contributed by atoms with Crippen LogP contribution in [0.15, 0.2) is 34.3 Å². The van der Waals surface area contributed by atoms with Crippen molar-refractivity contribution in [3.63, 3.8) is 0 Å². The third-order valence-electron chi connectivity index (χ3n) is 3.30. The van der Waals surface area contributed by atoms with Gasteiger partial charge in [-0.05, 0) is 31.3 Å². The molecular formula is C16H16N4O4S. The molecule has 2 aromatic rings. The van der Waals surface area contributed by atoms with E-state index in [2.05, 4.69) is 16.8 Å². The van der Waals surface area contributed by atoms with Gasteiger partial charge in [-0.3, -0.25) is 9.67 Å². The summed E-state index contributed by atoms with van der Waals surface area (Å²) < 4.78 is 30.0. The van der Waals surface area contributed by atoms with Gasteiger partial charge in [0, 0.05) is 12.5 Å². The maximum atomic E-state index is 11.9. The second-order valence-corrected chi connectivity index (χ2v) is 7.14. The number of aliphatic imine (C=N–C) groups is 1. The van der Waals surface area contributed by atoms with Gasteiger partial charge in [-0.2, -0.15) is 10.4 Å². The van der Waals surface area contributed by atoms with Gasteiger partial charge in [0.05, 0.1) is 23.7 Å². The molecule has 8 nitrogen and oxygen atoms in total. The molecule has 0 N–H and O–H groups in total. The number of hydrogen-bond acceptors (Lipinski definition) is 7. The summed E-state index contributed by atoms with van der Waals surface area (Å²) in [5, 5.41) is 13.1. The van der Waals surface area contributed by atoms with Crippen molar-refractivity contribution in [2.45, 2.75) is 18.4 Å². The van der Waals surface area contributed by atoms with Crippen LogP contribution < -0.4 is 0 Å². The van der Waals surface area contributed by atoms with Crippen LogP contribution in [0.4, 0.5) is 5.69 Å². The third-order valence-corrected chi connectivity index (χ3v) is 4.43. The van der Waals surface area contributed by atoms with Gasteiger partial charge < -0.3 is 4.74 Å². The van der Waals surface area contributed by atoms with E-state index in [-0.39, 0.29) is 35.0 Å². The third kappa shape index (κ3) is 4.10. The standard InChI is InChI=1S/C16H16N4O4S/c1-4-24-16(21)12-10-20(19-14(12)8-17)9-11-5-6-13(18-2)15(7-11)25(3,22)23/h5-7,10H,2,4,9H2,1,3H3. The Kier molecular flexibility index (Phi) is 5.34. The molecule has 2 rings (SSSR count). The number of nitriles is 1. The summed E-state index contributed by atoms with van der Waals surface area (Å²) in [6.07, 6.45) is 2.48. The summed E-state index contributed by atoms with van der Waals surface area (Å²) in [7, 11) is -3.48. The van der Waals surface area contributed by atoms with Crippen LogP contribution in [-0.2, 0) is 21.1 Å². The molecule has 9 heteroatoms. The average molecular weight is 360 g/mol. The summed E-state index contributed by atoms with van der Waals surface area (Å²) in [6, 6.07) is 6.53. The zero-order valence-electron chi connectivity index (χ0n) is 13.8. The molecule has 0 saturated heterocycles. The Labute approximate surface area is 145 Å². The van der Waals surface area contributed by atoms with Gasteiger partial charge in [-0.15, -0.1) is 0 Å². The number of benzene rings is 1. The first kappa shape index (κ1) is 18.4. The molecule has 1 aromatic carbocycles. The van der Waals surface area contributed by atoms with Crippen LogP contribution in [0.3, 0.4) is 0 Å². The number of ether oxygens (including phenoxy) is 1.